The molecular weight excluding hydrogens is 197 g/mol. The average molecular weight is 210 g/mol. The molecule has 0 radical (unpaired) electrons. The largest absolute Gasteiger partial charge is 0.405 e. The van der Waals surface area contributed by atoms with Gasteiger partial charge >= 0.3 is 6.18 Å². The number of hydrogen-bond donors (Lipinski definition) is 2. The Morgan fingerprint density at radius 2 is 1.93 bits per heavy atom. The Balaban J connectivity index is 3.95. The topological polar surface area (TPSA) is 56.0 Å². The first kappa shape index (κ1) is 13.2. The SMILES string of the molecule is CC(C)(O)CNCC(C#N)C(F)(F)F. The fraction of sp³-hybridized carbons (Fsp3) is 0.875. The van der Waals surface area contributed by atoms with Gasteiger partial charge in [0.05, 0.1) is 11.7 Å². The summed E-state index contributed by atoms with van der Waals surface area (Å²) in [5.41, 5.74) is -1.08. The summed E-state index contributed by atoms with van der Waals surface area (Å²) in [6, 6.07) is 1.16. The zero-order valence-electron chi connectivity index (χ0n) is 8.02. The zero-order valence-corrected chi connectivity index (χ0v) is 8.02. The molecule has 0 heterocycles. The Kier molecular flexibility index (Phi) is 4.36. The summed E-state index contributed by atoms with van der Waals surface area (Å²) in [5.74, 6) is -2.02. The molecule has 0 aromatic heterocycles. The van der Waals surface area contributed by atoms with Gasteiger partial charge in [0.1, 0.15) is 0 Å². The van der Waals surface area contributed by atoms with Crippen LogP contribution in [-0.4, -0.2) is 30.0 Å². The van der Waals surface area contributed by atoms with Gasteiger partial charge in [-0.2, -0.15) is 18.4 Å². The second-order valence-electron chi connectivity index (χ2n) is 3.67. The first-order valence-electron chi connectivity index (χ1n) is 4.06. The number of nitrogens with zero attached hydrogens (tertiary/aromatic N) is 1. The minimum absolute atomic E-state index is 0.0151. The van der Waals surface area contributed by atoms with Crippen molar-refractivity contribution in [2.24, 2.45) is 5.92 Å². The molecule has 0 aliphatic heterocycles. The van der Waals surface area contributed by atoms with Crippen molar-refractivity contribution in [3.05, 3.63) is 0 Å². The van der Waals surface area contributed by atoms with Gasteiger partial charge in [0.15, 0.2) is 5.92 Å². The number of hydrogen-bond acceptors (Lipinski definition) is 3. The normalized spacial score (nSPS) is 14.9. The molecule has 0 spiro atoms. The van der Waals surface area contributed by atoms with Gasteiger partial charge < -0.3 is 10.4 Å². The van der Waals surface area contributed by atoms with Crippen molar-refractivity contribution in [2.75, 3.05) is 13.1 Å². The van der Waals surface area contributed by atoms with E-state index in [4.69, 9.17) is 5.26 Å². The fourth-order valence-corrected chi connectivity index (χ4v) is 0.757. The maximum absolute atomic E-state index is 12.0. The molecule has 0 aliphatic rings. The van der Waals surface area contributed by atoms with Crippen molar-refractivity contribution >= 4 is 0 Å². The second-order valence-corrected chi connectivity index (χ2v) is 3.67. The summed E-state index contributed by atoms with van der Waals surface area (Å²) in [6.07, 6.45) is -4.51. The number of rotatable bonds is 4. The Morgan fingerprint density at radius 3 is 2.21 bits per heavy atom. The highest BCUT2D eigenvalue weighted by Crippen LogP contribution is 2.24. The van der Waals surface area contributed by atoms with Gasteiger partial charge in [-0.1, -0.05) is 0 Å². The standard InChI is InChI=1S/C8H13F3N2O/c1-7(2,14)5-13-4-6(3-12)8(9,10)11/h6,13-14H,4-5H2,1-2H3. The molecule has 6 heteroatoms. The summed E-state index contributed by atoms with van der Waals surface area (Å²) in [5, 5.41) is 19.8. The monoisotopic (exact) mass is 210 g/mol. The van der Waals surface area contributed by atoms with Gasteiger partial charge in [0, 0.05) is 13.1 Å². The summed E-state index contributed by atoms with van der Waals surface area (Å²) in [4.78, 5) is 0. The Bertz CT molecular complexity index is 214. The Labute approximate surface area is 80.5 Å². The van der Waals surface area contributed by atoms with Crippen molar-refractivity contribution in [1.29, 1.82) is 5.26 Å². The molecule has 0 rings (SSSR count). The van der Waals surface area contributed by atoms with Gasteiger partial charge in [0.2, 0.25) is 0 Å². The molecule has 0 aromatic rings. The van der Waals surface area contributed by atoms with Gasteiger partial charge in [-0.25, -0.2) is 0 Å². The van der Waals surface area contributed by atoms with E-state index < -0.39 is 24.2 Å². The first-order chi connectivity index (χ1) is 6.17. The third kappa shape index (κ3) is 5.78. The van der Waals surface area contributed by atoms with E-state index in [1.54, 1.807) is 0 Å². The van der Waals surface area contributed by atoms with Crippen LogP contribution < -0.4 is 5.32 Å². The van der Waals surface area contributed by atoms with E-state index in [1.165, 1.54) is 13.8 Å². The third-order valence-electron chi connectivity index (χ3n) is 1.46. The summed E-state index contributed by atoms with van der Waals surface area (Å²) < 4.78 is 36.0. The lowest BCUT2D eigenvalue weighted by Gasteiger charge is -2.19. The summed E-state index contributed by atoms with van der Waals surface area (Å²) >= 11 is 0. The summed E-state index contributed by atoms with van der Waals surface area (Å²) in [6.45, 7) is 2.45. The molecular formula is C8H13F3N2O. The van der Waals surface area contributed by atoms with Crippen LogP contribution in [0.5, 0.6) is 0 Å². The molecule has 82 valence electrons. The third-order valence-corrected chi connectivity index (χ3v) is 1.46. The molecule has 14 heavy (non-hydrogen) atoms. The van der Waals surface area contributed by atoms with Crippen LogP contribution in [0.2, 0.25) is 0 Å². The molecule has 0 saturated carbocycles. The summed E-state index contributed by atoms with van der Waals surface area (Å²) in [7, 11) is 0. The van der Waals surface area contributed by atoms with Crippen molar-refractivity contribution in [2.45, 2.75) is 25.6 Å². The van der Waals surface area contributed by atoms with Gasteiger partial charge in [-0.05, 0) is 13.8 Å². The van der Waals surface area contributed by atoms with Crippen LogP contribution in [0.1, 0.15) is 13.8 Å². The molecule has 1 atom stereocenters. The fourth-order valence-electron chi connectivity index (χ4n) is 0.757. The predicted molar refractivity (Wildman–Crippen MR) is 44.3 cm³/mol. The lowest BCUT2D eigenvalue weighted by atomic mass is 10.1. The zero-order chi connectivity index (χ0) is 11.4. The molecule has 2 N–H and O–H groups in total. The van der Waals surface area contributed by atoms with Crippen molar-refractivity contribution in [1.82, 2.24) is 5.32 Å². The maximum atomic E-state index is 12.0. The van der Waals surface area contributed by atoms with Crippen molar-refractivity contribution in [3.63, 3.8) is 0 Å². The van der Waals surface area contributed by atoms with Crippen LogP contribution >= 0.6 is 0 Å². The van der Waals surface area contributed by atoms with E-state index in [9.17, 15) is 18.3 Å². The number of nitriles is 1. The number of aliphatic hydroxyl groups is 1. The lowest BCUT2D eigenvalue weighted by molar-refractivity contribution is -0.158. The van der Waals surface area contributed by atoms with Crippen LogP contribution in [-0.2, 0) is 0 Å². The minimum atomic E-state index is -4.51. The highest BCUT2D eigenvalue weighted by molar-refractivity contribution is 4.90. The smallest absolute Gasteiger partial charge is 0.389 e. The highest BCUT2D eigenvalue weighted by atomic mass is 19.4. The molecule has 0 aliphatic carbocycles. The van der Waals surface area contributed by atoms with E-state index in [0.717, 1.165) is 6.07 Å². The van der Waals surface area contributed by atoms with Crippen molar-refractivity contribution in [3.8, 4) is 6.07 Å². The lowest BCUT2D eigenvalue weighted by Crippen LogP contribution is -2.40. The molecule has 0 bridgehead atoms. The Morgan fingerprint density at radius 1 is 1.43 bits per heavy atom. The molecule has 0 amide bonds. The van der Waals surface area contributed by atoms with E-state index in [-0.39, 0.29) is 6.54 Å². The maximum Gasteiger partial charge on any atom is 0.405 e. The van der Waals surface area contributed by atoms with Gasteiger partial charge in [-0.3, -0.25) is 0 Å². The van der Waals surface area contributed by atoms with E-state index in [1.807, 2.05) is 0 Å². The van der Waals surface area contributed by atoms with E-state index >= 15 is 0 Å². The Hall–Kier alpha value is -0.800. The average Bonchev–Trinajstić information content (AvgIpc) is 1.93. The van der Waals surface area contributed by atoms with Crippen molar-refractivity contribution < 1.29 is 18.3 Å². The van der Waals surface area contributed by atoms with E-state index in [0.29, 0.717) is 0 Å². The molecule has 1 unspecified atom stereocenters. The predicted octanol–water partition coefficient (Wildman–Crippen LogP) is 1.05. The number of halogens is 3. The number of alkyl halides is 3. The van der Waals surface area contributed by atoms with Gasteiger partial charge in [0.25, 0.3) is 0 Å². The van der Waals surface area contributed by atoms with Crippen LogP contribution in [0.15, 0.2) is 0 Å². The first-order valence-corrected chi connectivity index (χ1v) is 4.06. The minimum Gasteiger partial charge on any atom is -0.389 e. The number of nitrogens with one attached hydrogen (secondary N) is 1. The van der Waals surface area contributed by atoms with Crippen LogP contribution in [0.25, 0.3) is 0 Å². The van der Waals surface area contributed by atoms with Gasteiger partial charge in [-0.15, -0.1) is 0 Å². The highest BCUT2D eigenvalue weighted by Gasteiger charge is 2.39. The molecule has 0 aromatic carbocycles. The molecule has 0 fully saturated rings. The second kappa shape index (κ2) is 4.62. The molecule has 3 nitrogen and oxygen atoms in total. The van der Waals surface area contributed by atoms with Crippen LogP contribution in [0.4, 0.5) is 13.2 Å². The van der Waals surface area contributed by atoms with E-state index in [2.05, 4.69) is 5.32 Å². The van der Waals surface area contributed by atoms with Crippen LogP contribution in [0, 0.1) is 17.2 Å². The quantitative estimate of drug-likeness (QED) is 0.729. The van der Waals surface area contributed by atoms with Crippen LogP contribution in [0.3, 0.4) is 0 Å². The molecule has 0 saturated heterocycles.